The van der Waals surface area contributed by atoms with Gasteiger partial charge < -0.3 is 4.55 Å². The second kappa shape index (κ2) is 7.70. The maximum atomic E-state index is 12.8. The molecule has 0 bridgehead atoms. The molecule has 5 nitrogen and oxygen atoms in total. The van der Waals surface area contributed by atoms with E-state index in [0.29, 0.717) is 16.1 Å². The SMILES string of the molecule is CCSc1nc2c([C@@H](C)N[S+]([O-])C(C)(C)C)cc(C)cc2c(=O)n1C. The Bertz CT molecular complexity index is 828. The fourth-order valence-electron chi connectivity index (χ4n) is 2.52. The number of aromatic nitrogens is 2. The van der Waals surface area contributed by atoms with Crippen LogP contribution in [0.1, 0.15) is 51.8 Å². The van der Waals surface area contributed by atoms with Crippen molar-refractivity contribution < 1.29 is 4.55 Å². The van der Waals surface area contributed by atoms with Crippen LogP contribution in [-0.2, 0) is 18.4 Å². The van der Waals surface area contributed by atoms with E-state index in [1.54, 1.807) is 23.4 Å². The molecule has 7 heteroatoms. The number of thioether (sulfide) groups is 1. The maximum Gasteiger partial charge on any atom is 0.261 e. The van der Waals surface area contributed by atoms with Gasteiger partial charge in [0.1, 0.15) is 4.75 Å². The lowest BCUT2D eigenvalue weighted by Gasteiger charge is -2.27. The molecular formula is C18H27N3O2S2. The van der Waals surface area contributed by atoms with E-state index in [-0.39, 0.29) is 16.3 Å². The highest BCUT2D eigenvalue weighted by Gasteiger charge is 2.29. The zero-order valence-corrected chi connectivity index (χ0v) is 17.6. The summed E-state index contributed by atoms with van der Waals surface area (Å²) in [6.45, 7) is 11.8. The quantitative estimate of drug-likeness (QED) is 0.488. The van der Waals surface area contributed by atoms with Crippen LogP contribution in [0.2, 0.25) is 0 Å². The van der Waals surface area contributed by atoms with Gasteiger partial charge in [-0.2, -0.15) is 0 Å². The van der Waals surface area contributed by atoms with Crippen LogP contribution >= 0.6 is 11.8 Å². The predicted octanol–water partition coefficient (Wildman–Crippen LogP) is 3.47. The number of benzene rings is 1. The minimum atomic E-state index is -1.20. The predicted molar refractivity (Wildman–Crippen MR) is 108 cm³/mol. The third kappa shape index (κ3) is 4.39. The summed E-state index contributed by atoms with van der Waals surface area (Å²) in [5.41, 5.74) is 2.54. The third-order valence-corrected chi connectivity index (χ3v) is 6.49. The lowest BCUT2D eigenvalue weighted by molar-refractivity contribution is 0.531. The van der Waals surface area contributed by atoms with Gasteiger partial charge in [0, 0.05) is 24.0 Å². The molecule has 0 aliphatic heterocycles. The molecule has 0 amide bonds. The zero-order chi connectivity index (χ0) is 18.9. The van der Waals surface area contributed by atoms with Gasteiger partial charge in [-0.25, -0.2) is 4.98 Å². The standard InChI is InChI=1S/C18H27N3O2S2/c1-8-24-17-19-15-13(12(3)20-25(23)18(4,5)6)9-11(2)10-14(15)16(22)21(17)7/h9-10,12,20H,8H2,1-7H3/t12-,25?/m1/s1. The number of nitrogens with one attached hydrogen (secondary N) is 1. The minimum Gasteiger partial charge on any atom is -0.598 e. The largest absolute Gasteiger partial charge is 0.598 e. The topological polar surface area (TPSA) is 70.0 Å². The second-order valence-electron chi connectivity index (χ2n) is 7.16. The normalized spacial score (nSPS) is 14.7. The van der Waals surface area contributed by atoms with Gasteiger partial charge in [0.2, 0.25) is 0 Å². The summed E-state index contributed by atoms with van der Waals surface area (Å²) >= 11 is 0.343. The molecule has 1 aromatic carbocycles. The lowest BCUT2D eigenvalue weighted by atomic mass is 10.0. The van der Waals surface area contributed by atoms with Crippen LogP contribution in [0.3, 0.4) is 0 Å². The van der Waals surface area contributed by atoms with E-state index in [1.807, 2.05) is 53.7 Å². The van der Waals surface area contributed by atoms with E-state index in [9.17, 15) is 9.35 Å². The first-order valence-corrected chi connectivity index (χ1v) is 10.5. The Balaban J connectivity index is 2.61. The van der Waals surface area contributed by atoms with Gasteiger partial charge in [-0.3, -0.25) is 9.36 Å². The van der Waals surface area contributed by atoms with Crippen molar-refractivity contribution in [2.45, 2.75) is 57.5 Å². The molecule has 1 aromatic heterocycles. The fraction of sp³-hybridized carbons (Fsp3) is 0.556. The maximum absolute atomic E-state index is 12.8. The van der Waals surface area contributed by atoms with Crippen molar-refractivity contribution in [3.05, 3.63) is 33.6 Å². The molecule has 1 heterocycles. The molecule has 1 N–H and O–H groups in total. The van der Waals surface area contributed by atoms with E-state index < -0.39 is 11.4 Å². The van der Waals surface area contributed by atoms with Gasteiger partial charge >= 0.3 is 0 Å². The molecule has 138 valence electrons. The molecule has 0 saturated heterocycles. The van der Waals surface area contributed by atoms with Crippen LogP contribution in [0.4, 0.5) is 0 Å². The lowest BCUT2D eigenvalue weighted by Crippen LogP contribution is -2.40. The average molecular weight is 382 g/mol. The Morgan fingerprint density at radius 3 is 2.60 bits per heavy atom. The number of aryl methyl sites for hydroxylation is 1. The van der Waals surface area contributed by atoms with Crippen molar-refractivity contribution in [3.63, 3.8) is 0 Å². The summed E-state index contributed by atoms with van der Waals surface area (Å²) in [4.78, 5) is 17.5. The Morgan fingerprint density at radius 1 is 1.40 bits per heavy atom. The Morgan fingerprint density at radius 2 is 2.04 bits per heavy atom. The fourth-order valence-corrected chi connectivity index (χ4v) is 4.01. The van der Waals surface area contributed by atoms with Gasteiger partial charge in [0.05, 0.1) is 16.9 Å². The summed E-state index contributed by atoms with van der Waals surface area (Å²) in [7, 11) is 1.76. The number of fused-ring (bicyclic) bond motifs is 1. The Kier molecular flexibility index (Phi) is 6.25. The summed E-state index contributed by atoms with van der Waals surface area (Å²) in [6, 6.07) is 3.72. The molecule has 2 atom stereocenters. The van der Waals surface area contributed by atoms with Crippen LogP contribution < -0.4 is 10.3 Å². The van der Waals surface area contributed by atoms with Gasteiger partial charge in [-0.15, -0.1) is 4.72 Å². The molecule has 0 fully saturated rings. The molecule has 2 rings (SSSR count). The van der Waals surface area contributed by atoms with E-state index in [4.69, 9.17) is 4.98 Å². The Hall–Kier alpha value is -1.02. The van der Waals surface area contributed by atoms with Crippen LogP contribution in [0.5, 0.6) is 0 Å². The average Bonchev–Trinajstić information content (AvgIpc) is 2.51. The number of nitrogens with zero attached hydrogens (tertiary/aromatic N) is 2. The number of hydrogen-bond donors (Lipinski definition) is 1. The highest BCUT2D eigenvalue weighted by molar-refractivity contribution is 7.99. The van der Waals surface area contributed by atoms with Gasteiger partial charge in [-0.05, 0) is 52.0 Å². The summed E-state index contributed by atoms with van der Waals surface area (Å²) in [5, 5.41) is 1.31. The van der Waals surface area contributed by atoms with E-state index >= 15 is 0 Å². The highest BCUT2D eigenvalue weighted by Crippen LogP contribution is 2.27. The van der Waals surface area contributed by atoms with Crippen LogP contribution in [-0.4, -0.2) is 24.6 Å². The van der Waals surface area contributed by atoms with Crippen LogP contribution in [0, 0.1) is 6.92 Å². The highest BCUT2D eigenvalue weighted by atomic mass is 32.2. The second-order valence-corrected chi connectivity index (χ2v) is 10.4. The minimum absolute atomic E-state index is 0.0463. The number of hydrogen-bond acceptors (Lipinski definition) is 5. The first kappa shape index (κ1) is 20.3. The van der Waals surface area contributed by atoms with E-state index in [0.717, 1.165) is 16.9 Å². The third-order valence-electron chi connectivity index (χ3n) is 3.89. The van der Waals surface area contributed by atoms with E-state index in [1.165, 1.54) is 0 Å². The molecule has 1 unspecified atom stereocenters. The van der Waals surface area contributed by atoms with Crippen molar-refractivity contribution in [2.75, 3.05) is 5.75 Å². The van der Waals surface area contributed by atoms with Crippen LogP contribution in [0.15, 0.2) is 22.1 Å². The zero-order valence-electron chi connectivity index (χ0n) is 16.0. The van der Waals surface area contributed by atoms with Gasteiger partial charge in [-0.1, -0.05) is 24.8 Å². The molecule has 0 aliphatic rings. The van der Waals surface area contributed by atoms with Crippen molar-refractivity contribution in [1.29, 1.82) is 0 Å². The Labute approximate surface area is 156 Å². The van der Waals surface area contributed by atoms with E-state index in [2.05, 4.69) is 4.72 Å². The molecular weight excluding hydrogens is 354 g/mol. The van der Waals surface area contributed by atoms with Crippen molar-refractivity contribution in [3.8, 4) is 0 Å². The molecule has 0 spiro atoms. The molecule has 0 radical (unpaired) electrons. The van der Waals surface area contributed by atoms with Crippen molar-refractivity contribution in [1.82, 2.24) is 14.3 Å². The van der Waals surface area contributed by atoms with Crippen LogP contribution in [0.25, 0.3) is 10.9 Å². The first-order valence-electron chi connectivity index (χ1n) is 8.38. The summed E-state index contributed by atoms with van der Waals surface area (Å²) < 4.78 is 16.9. The molecule has 0 saturated carbocycles. The molecule has 25 heavy (non-hydrogen) atoms. The first-order chi connectivity index (χ1) is 11.6. The van der Waals surface area contributed by atoms with Gasteiger partial charge in [0.15, 0.2) is 5.16 Å². The summed E-state index contributed by atoms with van der Waals surface area (Å²) in [6.07, 6.45) is 0. The summed E-state index contributed by atoms with van der Waals surface area (Å²) in [5.74, 6) is 0.842. The monoisotopic (exact) mass is 381 g/mol. The molecule has 2 aromatic rings. The van der Waals surface area contributed by atoms with Crippen molar-refractivity contribution in [2.24, 2.45) is 7.05 Å². The van der Waals surface area contributed by atoms with Gasteiger partial charge in [0.25, 0.3) is 5.56 Å². The smallest absolute Gasteiger partial charge is 0.261 e. The molecule has 0 aliphatic carbocycles. The number of rotatable bonds is 5. The van der Waals surface area contributed by atoms with Crippen molar-refractivity contribution >= 4 is 34.0 Å².